The van der Waals surface area contributed by atoms with Gasteiger partial charge in [-0.15, -0.1) is 0 Å². The molecule has 9 fully saturated rings. The summed E-state index contributed by atoms with van der Waals surface area (Å²) in [5.74, 6) is 1.30. The lowest BCUT2D eigenvalue weighted by atomic mass is 9.74. The SMILES string of the molecule is O=C1CC(C2CCCCC2)OC2CCCC([O][Al]([O]C3CCCC4OC(C5CCCCC5)CC(=O)C43)[O]C3CCCC4OC(C5CCCCC5)CC(=O)C43)C12. The van der Waals surface area contributed by atoms with E-state index in [4.69, 9.17) is 25.6 Å². The van der Waals surface area contributed by atoms with E-state index in [1.807, 2.05) is 0 Å². The molecule has 3 aliphatic heterocycles. The summed E-state index contributed by atoms with van der Waals surface area (Å²) >= 11 is -2.99. The minimum Gasteiger partial charge on any atom is -0.451 e. The summed E-state index contributed by atoms with van der Waals surface area (Å²) in [6, 6.07) is 0. The van der Waals surface area contributed by atoms with Gasteiger partial charge in [0.25, 0.3) is 0 Å². The Morgan fingerprint density at radius 2 is 0.636 bits per heavy atom. The zero-order valence-corrected chi connectivity index (χ0v) is 34.7. The number of ether oxygens (including phenoxy) is 3. The Hall–Kier alpha value is -0.698. The Labute approximate surface area is 335 Å². The summed E-state index contributed by atoms with van der Waals surface area (Å²) < 4.78 is 41.6. The van der Waals surface area contributed by atoms with Crippen molar-refractivity contribution in [2.45, 2.75) is 228 Å². The van der Waals surface area contributed by atoms with Crippen molar-refractivity contribution in [3.05, 3.63) is 0 Å². The fourth-order valence-corrected chi connectivity index (χ4v) is 15.2. The van der Waals surface area contributed by atoms with Crippen LogP contribution in [-0.4, -0.2) is 87.4 Å². The minimum absolute atomic E-state index is 0.0242. The summed E-state index contributed by atoms with van der Waals surface area (Å²) in [5, 5.41) is 0. The van der Waals surface area contributed by atoms with Crippen LogP contribution in [0.4, 0.5) is 0 Å². The van der Waals surface area contributed by atoms with Crippen LogP contribution in [0.2, 0.25) is 0 Å². The van der Waals surface area contributed by atoms with Gasteiger partial charge < -0.3 is 25.6 Å². The van der Waals surface area contributed by atoms with Gasteiger partial charge in [0.05, 0.1) is 54.4 Å². The number of fused-ring (bicyclic) bond motifs is 3. The highest BCUT2D eigenvalue weighted by Crippen LogP contribution is 2.45. The van der Waals surface area contributed by atoms with Crippen LogP contribution in [-0.2, 0) is 40.0 Å². The molecule has 3 saturated heterocycles. The number of ketones is 3. The second kappa shape index (κ2) is 18.3. The molecule has 9 aliphatic rings. The first-order valence-electron chi connectivity index (χ1n) is 23.5. The van der Waals surface area contributed by atoms with E-state index in [-0.39, 0.29) is 90.0 Å². The highest BCUT2D eigenvalue weighted by molar-refractivity contribution is 6.36. The van der Waals surface area contributed by atoms with Crippen LogP contribution in [0.5, 0.6) is 0 Å². The molecule has 0 spiro atoms. The molecule has 55 heavy (non-hydrogen) atoms. The maximum Gasteiger partial charge on any atom is 0.906 e. The zero-order chi connectivity index (χ0) is 37.3. The van der Waals surface area contributed by atoms with Crippen molar-refractivity contribution in [1.82, 2.24) is 0 Å². The number of rotatable bonds is 9. The number of carbonyl (C=O) groups is 3. The number of Topliss-reactive ketones (excluding diaryl/α,β-unsaturated/α-hetero) is 3. The van der Waals surface area contributed by atoms with E-state index in [0.29, 0.717) is 37.0 Å². The molecule has 3 heterocycles. The molecule has 306 valence electrons. The third-order valence-corrected chi connectivity index (χ3v) is 17.8. The number of carbonyl (C=O) groups excluding carboxylic acids is 3. The van der Waals surface area contributed by atoms with Gasteiger partial charge in [-0.1, -0.05) is 57.8 Å². The van der Waals surface area contributed by atoms with Crippen molar-refractivity contribution in [2.75, 3.05) is 0 Å². The molecule has 9 nitrogen and oxygen atoms in total. The second-order valence-corrected chi connectivity index (χ2v) is 20.9. The van der Waals surface area contributed by atoms with Crippen molar-refractivity contribution < 1.29 is 40.0 Å². The van der Waals surface area contributed by atoms with Crippen molar-refractivity contribution in [3.63, 3.8) is 0 Å². The monoisotopic (exact) mass is 780 g/mol. The summed E-state index contributed by atoms with van der Waals surface area (Å²) in [5.41, 5.74) is 0. The Morgan fingerprint density at radius 1 is 0.345 bits per heavy atom. The lowest BCUT2D eigenvalue weighted by molar-refractivity contribution is -0.182. The Kier molecular flexibility index (Phi) is 13.2. The van der Waals surface area contributed by atoms with Crippen LogP contribution in [0.25, 0.3) is 0 Å². The van der Waals surface area contributed by atoms with Gasteiger partial charge in [0.15, 0.2) is 0 Å². The molecule has 12 atom stereocenters. The van der Waals surface area contributed by atoms with Crippen molar-refractivity contribution in [3.8, 4) is 0 Å². The average molecular weight is 781 g/mol. The maximum absolute atomic E-state index is 14.1. The van der Waals surface area contributed by atoms with Crippen LogP contribution in [0, 0.1) is 35.5 Å². The third kappa shape index (κ3) is 8.94. The summed E-state index contributed by atoms with van der Waals surface area (Å²) in [7, 11) is 0. The fraction of sp³-hybridized carbons (Fsp3) is 0.933. The Balaban J connectivity index is 0.925. The number of hydrogen-bond donors (Lipinski definition) is 0. The van der Waals surface area contributed by atoms with Crippen LogP contribution < -0.4 is 0 Å². The normalized spacial score (nSPS) is 42.7. The first-order valence-corrected chi connectivity index (χ1v) is 24.9. The molecule has 12 unspecified atom stereocenters. The topological polar surface area (TPSA) is 107 Å². The van der Waals surface area contributed by atoms with Gasteiger partial charge in [-0.3, -0.25) is 14.4 Å². The highest BCUT2D eigenvalue weighted by atomic mass is 27.3. The average Bonchev–Trinajstić information content (AvgIpc) is 3.21. The molecule has 6 aliphatic carbocycles. The molecule has 0 bridgehead atoms. The summed E-state index contributed by atoms with van der Waals surface area (Å²) in [4.78, 5) is 42.3. The van der Waals surface area contributed by atoms with Gasteiger partial charge in [0.1, 0.15) is 17.3 Å². The molecule has 6 saturated carbocycles. The van der Waals surface area contributed by atoms with Crippen molar-refractivity contribution in [2.24, 2.45) is 35.5 Å². The van der Waals surface area contributed by atoms with E-state index in [9.17, 15) is 14.4 Å². The fourth-order valence-electron chi connectivity index (χ4n) is 13.2. The van der Waals surface area contributed by atoms with Crippen LogP contribution >= 0.6 is 0 Å². The van der Waals surface area contributed by atoms with Gasteiger partial charge in [0, 0.05) is 37.6 Å². The zero-order valence-electron chi connectivity index (χ0n) is 33.5. The van der Waals surface area contributed by atoms with E-state index < -0.39 is 15.1 Å². The van der Waals surface area contributed by atoms with Crippen molar-refractivity contribution >= 4 is 32.5 Å². The molecule has 0 aromatic rings. The molecule has 0 N–H and O–H groups in total. The third-order valence-electron chi connectivity index (χ3n) is 16.1. The van der Waals surface area contributed by atoms with Gasteiger partial charge in [0.2, 0.25) is 0 Å². The summed E-state index contributed by atoms with van der Waals surface area (Å²) in [6.07, 6.45) is 26.1. The molecule has 9 rings (SSSR count). The molecule has 0 radical (unpaired) electrons. The Morgan fingerprint density at radius 3 is 0.927 bits per heavy atom. The largest absolute Gasteiger partial charge is 0.906 e. The van der Waals surface area contributed by atoms with E-state index in [1.54, 1.807) is 0 Å². The molecular formula is C45H69AlO9. The molecular weight excluding hydrogens is 711 g/mol. The second-order valence-electron chi connectivity index (χ2n) is 19.5. The van der Waals surface area contributed by atoms with Gasteiger partial charge >= 0.3 is 15.1 Å². The number of hydrogen-bond acceptors (Lipinski definition) is 9. The lowest BCUT2D eigenvalue weighted by Gasteiger charge is -2.48. The van der Waals surface area contributed by atoms with Crippen LogP contribution in [0.1, 0.15) is 173 Å². The van der Waals surface area contributed by atoms with E-state index in [2.05, 4.69) is 0 Å². The van der Waals surface area contributed by atoms with Crippen LogP contribution in [0.3, 0.4) is 0 Å². The van der Waals surface area contributed by atoms with Gasteiger partial charge in [-0.25, -0.2) is 0 Å². The van der Waals surface area contributed by atoms with Gasteiger partial charge in [-0.05, 0) is 114 Å². The van der Waals surface area contributed by atoms with E-state index in [1.165, 1.54) is 57.8 Å². The minimum atomic E-state index is -2.99. The standard InChI is InChI=1S/3C15H23O3.Al/c3*16-11-7-4-8-13-15(11)12(17)9-14(18-13)10-5-2-1-3-6-10;/h3*10-11,13-15H,1-9H2;/q3*-1;+3. The molecule has 10 heteroatoms. The quantitative estimate of drug-likeness (QED) is 0.213. The summed E-state index contributed by atoms with van der Waals surface area (Å²) in [6.45, 7) is 0. The predicted octanol–water partition coefficient (Wildman–Crippen LogP) is 8.45. The van der Waals surface area contributed by atoms with E-state index in [0.717, 1.165) is 96.3 Å². The highest BCUT2D eigenvalue weighted by Gasteiger charge is 2.55. The lowest BCUT2D eigenvalue weighted by Crippen LogP contribution is -2.57. The first-order chi connectivity index (χ1) is 27.0. The predicted molar refractivity (Wildman–Crippen MR) is 207 cm³/mol. The van der Waals surface area contributed by atoms with Gasteiger partial charge in [-0.2, -0.15) is 0 Å². The molecule has 0 amide bonds. The molecule has 0 aromatic heterocycles. The van der Waals surface area contributed by atoms with E-state index >= 15 is 0 Å². The molecule has 0 aromatic carbocycles. The first kappa shape index (κ1) is 39.7. The maximum atomic E-state index is 14.1. The van der Waals surface area contributed by atoms with Crippen LogP contribution in [0.15, 0.2) is 0 Å². The smallest absolute Gasteiger partial charge is 0.451 e. The Bertz CT molecular complexity index is 1170. The van der Waals surface area contributed by atoms with Crippen molar-refractivity contribution in [1.29, 1.82) is 0 Å².